The van der Waals surface area contributed by atoms with Gasteiger partial charge in [-0.25, -0.2) is 8.42 Å². The van der Waals surface area contributed by atoms with Crippen LogP contribution in [0.4, 0.5) is 0 Å². The van der Waals surface area contributed by atoms with Gasteiger partial charge in [0.15, 0.2) is 9.84 Å². The second-order valence-corrected chi connectivity index (χ2v) is 9.28. The summed E-state index contributed by atoms with van der Waals surface area (Å²) < 4.78 is 23.3. The molecule has 0 aromatic heterocycles. The van der Waals surface area contributed by atoms with E-state index >= 15 is 0 Å². The monoisotopic (exact) mass is 292 g/mol. The van der Waals surface area contributed by atoms with Crippen molar-refractivity contribution in [2.45, 2.75) is 38.4 Å². The van der Waals surface area contributed by atoms with Gasteiger partial charge in [0.05, 0.1) is 15.5 Å². The maximum Gasteiger partial charge on any atom is 0.156 e. The quantitative estimate of drug-likeness (QED) is 0.789. The van der Waals surface area contributed by atoms with Crippen molar-refractivity contribution < 1.29 is 8.42 Å². The summed E-state index contributed by atoms with van der Waals surface area (Å²) >= 11 is 4.99. The molecule has 1 heterocycles. The first kappa shape index (κ1) is 15.9. The summed E-state index contributed by atoms with van der Waals surface area (Å²) in [4.78, 5) is 2.79. The van der Waals surface area contributed by atoms with E-state index in [1.165, 1.54) is 0 Å². The molecule has 0 bridgehead atoms. The van der Waals surface area contributed by atoms with Crippen LogP contribution in [0.3, 0.4) is 0 Å². The maximum atomic E-state index is 12.0. The average molecular weight is 292 g/mol. The third-order valence-corrected chi connectivity index (χ3v) is 6.52. The Balaban J connectivity index is 2.42. The Bertz CT molecular complexity index is 391. The molecule has 0 amide bonds. The van der Waals surface area contributed by atoms with Crippen LogP contribution in [0.5, 0.6) is 0 Å². The Kier molecular flexibility index (Phi) is 5.14. The van der Waals surface area contributed by atoms with Crippen LogP contribution in [-0.4, -0.2) is 48.4 Å². The lowest BCUT2D eigenvalue weighted by Crippen LogP contribution is -2.42. The molecule has 0 aliphatic carbocycles. The van der Waals surface area contributed by atoms with E-state index in [1.54, 1.807) is 20.8 Å². The summed E-state index contributed by atoms with van der Waals surface area (Å²) in [5.41, 5.74) is 5.63. The molecule has 0 radical (unpaired) electrons. The number of nitrogens with zero attached hydrogens (tertiary/aromatic N) is 1. The molecule has 2 N–H and O–H groups in total. The molecule has 1 saturated heterocycles. The minimum atomic E-state index is -3.02. The zero-order valence-electron chi connectivity index (χ0n) is 11.5. The van der Waals surface area contributed by atoms with Gasteiger partial charge in [-0.15, -0.1) is 0 Å². The van der Waals surface area contributed by atoms with Gasteiger partial charge in [-0.1, -0.05) is 12.2 Å². The van der Waals surface area contributed by atoms with E-state index in [0.29, 0.717) is 17.5 Å². The molecule has 0 saturated carbocycles. The van der Waals surface area contributed by atoms with E-state index in [9.17, 15) is 8.42 Å². The molecular weight excluding hydrogens is 268 g/mol. The standard InChI is InChI=1S/C12H24N2O2S2/c1-12(2,3)18(15,16)9-8-14-6-4-10(5-7-14)11(13)17/h10H,4-9H2,1-3H3,(H2,13,17). The van der Waals surface area contributed by atoms with Crippen molar-refractivity contribution in [2.24, 2.45) is 11.7 Å². The Hall–Kier alpha value is -0.200. The van der Waals surface area contributed by atoms with E-state index in [0.717, 1.165) is 25.9 Å². The minimum absolute atomic E-state index is 0.230. The maximum absolute atomic E-state index is 12.0. The predicted molar refractivity (Wildman–Crippen MR) is 79.5 cm³/mol. The van der Waals surface area contributed by atoms with Gasteiger partial charge in [0, 0.05) is 12.5 Å². The summed E-state index contributed by atoms with van der Waals surface area (Å²) in [7, 11) is -3.02. The van der Waals surface area contributed by atoms with Crippen molar-refractivity contribution in [1.29, 1.82) is 0 Å². The Morgan fingerprint density at radius 3 is 2.22 bits per heavy atom. The van der Waals surface area contributed by atoms with Crippen molar-refractivity contribution >= 4 is 27.0 Å². The smallest absolute Gasteiger partial charge is 0.156 e. The van der Waals surface area contributed by atoms with E-state index in [1.807, 2.05) is 0 Å². The number of hydrogen-bond acceptors (Lipinski definition) is 4. The second kappa shape index (κ2) is 5.84. The molecule has 106 valence electrons. The first-order chi connectivity index (χ1) is 8.13. The highest BCUT2D eigenvalue weighted by Gasteiger charge is 2.30. The van der Waals surface area contributed by atoms with Gasteiger partial charge in [0.25, 0.3) is 0 Å². The average Bonchev–Trinajstić information content (AvgIpc) is 2.25. The zero-order valence-corrected chi connectivity index (χ0v) is 13.1. The molecular formula is C12H24N2O2S2. The number of nitrogens with two attached hydrogens (primary N) is 1. The summed E-state index contributed by atoms with van der Waals surface area (Å²) in [5, 5.41) is 0. The fourth-order valence-electron chi connectivity index (χ4n) is 2.00. The highest BCUT2D eigenvalue weighted by molar-refractivity contribution is 7.92. The molecule has 0 aromatic carbocycles. The third-order valence-electron chi connectivity index (χ3n) is 3.60. The van der Waals surface area contributed by atoms with Gasteiger partial charge in [0.2, 0.25) is 0 Å². The first-order valence-electron chi connectivity index (χ1n) is 6.37. The minimum Gasteiger partial charge on any atom is -0.393 e. The van der Waals surface area contributed by atoms with Crippen LogP contribution >= 0.6 is 12.2 Å². The highest BCUT2D eigenvalue weighted by atomic mass is 32.2. The van der Waals surface area contributed by atoms with Crippen LogP contribution < -0.4 is 5.73 Å². The lowest BCUT2D eigenvalue weighted by Gasteiger charge is -2.32. The first-order valence-corrected chi connectivity index (χ1v) is 8.43. The van der Waals surface area contributed by atoms with Gasteiger partial charge in [-0.05, 0) is 46.7 Å². The number of rotatable bonds is 4. The van der Waals surface area contributed by atoms with Crippen LogP contribution in [0.2, 0.25) is 0 Å². The Morgan fingerprint density at radius 1 is 1.33 bits per heavy atom. The number of piperidine rings is 1. The molecule has 0 unspecified atom stereocenters. The molecule has 1 aliphatic rings. The molecule has 1 fully saturated rings. The zero-order chi connectivity index (χ0) is 14.0. The highest BCUT2D eigenvalue weighted by Crippen LogP contribution is 2.19. The van der Waals surface area contributed by atoms with E-state index in [4.69, 9.17) is 18.0 Å². The topological polar surface area (TPSA) is 63.4 Å². The van der Waals surface area contributed by atoms with E-state index < -0.39 is 14.6 Å². The van der Waals surface area contributed by atoms with Crippen LogP contribution in [0, 0.1) is 5.92 Å². The van der Waals surface area contributed by atoms with Crippen molar-refractivity contribution in [2.75, 3.05) is 25.4 Å². The van der Waals surface area contributed by atoms with Gasteiger partial charge in [0.1, 0.15) is 0 Å². The van der Waals surface area contributed by atoms with Gasteiger partial charge < -0.3 is 10.6 Å². The second-order valence-electron chi connectivity index (χ2n) is 5.95. The molecule has 0 aromatic rings. The van der Waals surface area contributed by atoms with Crippen molar-refractivity contribution in [3.05, 3.63) is 0 Å². The molecule has 0 atom stereocenters. The SMILES string of the molecule is CC(C)(C)S(=O)(=O)CCN1CCC(C(N)=S)CC1. The summed E-state index contributed by atoms with van der Waals surface area (Å²) in [6, 6.07) is 0. The van der Waals surface area contributed by atoms with Gasteiger partial charge >= 0.3 is 0 Å². The summed E-state index contributed by atoms with van der Waals surface area (Å²) in [6.45, 7) is 7.65. The number of likely N-dealkylation sites (tertiary alicyclic amines) is 1. The van der Waals surface area contributed by atoms with Crippen molar-refractivity contribution in [1.82, 2.24) is 4.90 Å². The van der Waals surface area contributed by atoms with E-state index in [2.05, 4.69) is 4.90 Å². The van der Waals surface area contributed by atoms with Crippen molar-refractivity contribution in [3.63, 3.8) is 0 Å². The fourth-order valence-corrected chi connectivity index (χ4v) is 3.34. The van der Waals surface area contributed by atoms with Crippen LogP contribution in [0.25, 0.3) is 0 Å². The molecule has 4 nitrogen and oxygen atoms in total. The van der Waals surface area contributed by atoms with E-state index in [-0.39, 0.29) is 5.75 Å². The predicted octanol–water partition coefficient (Wildman–Crippen LogP) is 1.20. The molecule has 1 aliphatic heterocycles. The van der Waals surface area contributed by atoms with Gasteiger partial charge in [-0.3, -0.25) is 0 Å². The normalized spacial score (nSPS) is 19.9. The molecule has 6 heteroatoms. The van der Waals surface area contributed by atoms with Crippen LogP contribution in [-0.2, 0) is 9.84 Å². The largest absolute Gasteiger partial charge is 0.393 e. The fraction of sp³-hybridized carbons (Fsp3) is 0.917. The molecule has 1 rings (SSSR count). The summed E-state index contributed by atoms with van der Waals surface area (Å²) in [6.07, 6.45) is 1.90. The molecule has 18 heavy (non-hydrogen) atoms. The third kappa shape index (κ3) is 4.17. The Morgan fingerprint density at radius 2 is 1.83 bits per heavy atom. The lowest BCUT2D eigenvalue weighted by atomic mass is 9.97. The van der Waals surface area contributed by atoms with Crippen LogP contribution in [0.15, 0.2) is 0 Å². The van der Waals surface area contributed by atoms with Gasteiger partial charge in [-0.2, -0.15) is 0 Å². The van der Waals surface area contributed by atoms with Crippen molar-refractivity contribution in [3.8, 4) is 0 Å². The number of hydrogen-bond donors (Lipinski definition) is 1. The Labute approximate surface area is 116 Å². The number of sulfone groups is 1. The molecule has 0 spiro atoms. The summed E-state index contributed by atoms with van der Waals surface area (Å²) in [5.74, 6) is 0.560. The lowest BCUT2D eigenvalue weighted by molar-refractivity contribution is 0.220. The van der Waals surface area contributed by atoms with Crippen LogP contribution in [0.1, 0.15) is 33.6 Å². The number of thiocarbonyl (C=S) groups is 1.